The van der Waals surface area contributed by atoms with Crippen LogP contribution < -0.4 is 10.9 Å². The number of carbonyl (C=O) groups is 1. The minimum absolute atomic E-state index is 0.269. The molecule has 1 fully saturated rings. The maximum atomic E-state index is 12.9. The first kappa shape index (κ1) is 20.1. The number of fused-ring (bicyclic) bond motifs is 1. The molecule has 4 rings (SSSR count). The van der Waals surface area contributed by atoms with E-state index in [0.717, 1.165) is 35.4 Å². The monoisotopic (exact) mass is 419 g/mol. The van der Waals surface area contributed by atoms with Crippen molar-refractivity contribution >= 4 is 16.8 Å². The van der Waals surface area contributed by atoms with Crippen LogP contribution in [0.3, 0.4) is 0 Å². The fourth-order valence-corrected chi connectivity index (χ4v) is 3.45. The molecule has 0 saturated heterocycles. The lowest BCUT2D eigenvalue weighted by Gasteiger charge is -2.16. The Bertz CT molecular complexity index is 1160. The minimum atomic E-state index is -4.41. The van der Waals surface area contributed by atoms with Crippen molar-refractivity contribution in [3.05, 3.63) is 57.6 Å². The van der Waals surface area contributed by atoms with E-state index in [0.29, 0.717) is 16.5 Å². The van der Waals surface area contributed by atoms with Crippen molar-refractivity contribution in [3.8, 4) is 0 Å². The topological polar surface area (TPSA) is 81.8 Å². The fourth-order valence-electron chi connectivity index (χ4n) is 3.45. The number of carbonyl (C=O) groups excluding carboxylic acids is 1. The van der Waals surface area contributed by atoms with Gasteiger partial charge in [-0.25, -0.2) is 4.68 Å². The molecule has 0 bridgehead atoms. The highest BCUT2D eigenvalue weighted by molar-refractivity contribution is 5.82. The number of halogens is 3. The van der Waals surface area contributed by atoms with Gasteiger partial charge in [0.25, 0.3) is 5.56 Å². The van der Waals surface area contributed by atoms with E-state index in [-0.39, 0.29) is 18.0 Å². The Kier molecular flexibility index (Phi) is 4.87. The molecule has 7 nitrogen and oxygen atoms in total. The van der Waals surface area contributed by atoms with Gasteiger partial charge in [0.15, 0.2) is 0 Å². The SMILES string of the molecule is C[C@H](NC(=O)Cn1ncc2c(c(C3CC3)nn2C)c1=O)c1ccc(C(F)(F)F)cc1. The first-order chi connectivity index (χ1) is 14.1. The summed E-state index contributed by atoms with van der Waals surface area (Å²) in [7, 11) is 1.75. The predicted molar refractivity (Wildman–Crippen MR) is 103 cm³/mol. The molecule has 1 amide bonds. The summed E-state index contributed by atoms with van der Waals surface area (Å²) in [5, 5.41) is 11.7. The van der Waals surface area contributed by atoms with Gasteiger partial charge in [0, 0.05) is 13.0 Å². The van der Waals surface area contributed by atoms with Crippen LogP contribution in [-0.4, -0.2) is 25.5 Å². The van der Waals surface area contributed by atoms with E-state index in [1.165, 1.54) is 18.3 Å². The van der Waals surface area contributed by atoms with Crippen molar-refractivity contribution in [2.75, 3.05) is 0 Å². The second kappa shape index (κ2) is 7.26. The van der Waals surface area contributed by atoms with Gasteiger partial charge in [-0.3, -0.25) is 14.3 Å². The zero-order valence-corrected chi connectivity index (χ0v) is 16.4. The second-order valence-corrected chi connectivity index (χ2v) is 7.56. The maximum absolute atomic E-state index is 12.9. The molecular weight excluding hydrogens is 399 g/mol. The average molecular weight is 419 g/mol. The van der Waals surface area contributed by atoms with E-state index in [2.05, 4.69) is 15.5 Å². The number of aromatic nitrogens is 4. The largest absolute Gasteiger partial charge is 0.416 e. The second-order valence-electron chi connectivity index (χ2n) is 7.56. The van der Waals surface area contributed by atoms with Gasteiger partial charge in [-0.1, -0.05) is 12.1 Å². The molecule has 2 heterocycles. The van der Waals surface area contributed by atoms with Crippen LogP contribution in [0.4, 0.5) is 13.2 Å². The number of nitrogens with zero attached hydrogens (tertiary/aromatic N) is 4. The minimum Gasteiger partial charge on any atom is -0.348 e. The van der Waals surface area contributed by atoms with Crippen LogP contribution >= 0.6 is 0 Å². The summed E-state index contributed by atoms with van der Waals surface area (Å²) < 4.78 is 40.8. The number of rotatable bonds is 5. The predicted octanol–water partition coefficient (Wildman–Crippen LogP) is 2.90. The molecule has 158 valence electrons. The van der Waals surface area contributed by atoms with Crippen LogP contribution in [0.2, 0.25) is 0 Å². The number of hydrogen-bond acceptors (Lipinski definition) is 4. The number of benzene rings is 1. The molecule has 3 aromatic rings. The molecule has 10 heteroatoms. The quantitative estimate of drug-likeness (QED) is 0.690. The van der Waals surface area contributed by atoms with Gasteiger partial charge >= 0.3 is 6.18 Å². The molecule has 30 heavy (non-hydrogen) atoms. The van der Waals surface area contributed by atoms with Crippen molar-refractivity contribution in [3.63, 3.8) is 0 Å². The summed E-state index contributed by atoms with van der Waals surface area (Å²) in [5.41, 5.74) is 0.760. The van der Waals surface area contributed by atoms with Crippen molar-refractivity contribution in [2.24, 2.45) is 7.05 Å². The summed E-state index contributed by atoms with van der Waals surface area (Å²) in [6.45, 7) is 1.37. The Morgan fingerprint density at radius 2 is 1.93 bits per heavy atom. The van der Waals surface area contributed by atoms with E-state index in [1.54, 1.807) is 18.7 Å². The van der Waals surface area contributed by atoms with Gasteiger partial charge in [-0.15, -0.1) is 0 Å². The number of alkyl halides is 3. The van der Waals surface area contributed by atoms with E-state index in [9.17, 15) is 22.8 Å². The molecule has 0 aliphatic heterocycles. The maximum Gasteiger partial charge on any atom is 0.416 e. The molecule has 2 aromatic heterocycles. The van der Waals surface area contributed by atoms with Gasteiger partial charge in [0.1, 0.15) is 6.54 Å². The Hall–Kier alpha value is -3.17. The van der Waals surface area contributed by atoms with Gasteiger partial charge in [-0.05, 0) is 37.5 Å². The molecule has 1 aliphatic carbocycles. The molecule has 0 unspecified atom stereocenters. The Balaban J connectivity index is 1.50. The molecular formula is C20H20F3N5O2. The lowest BCUT2D eigenvalue weighted by atomic mass is 10.1. The van der Waals surface area contributed by atoms with Gasteiger partial charge in [0.2, 0.25) is 5.91 Å². The van der Waals surface area contributed by atoms with Crippen molar-refractivity contribution < 1.29 is 18.0 Å². The van der Waals surface area contributed by atoms with Crippen molar-refractivity contribution in [2.45, 2.75) is 44.4 Å². The van der Waals surface area contributed by atoms with E-state index in [4.69, 9.17) is 0 Å². The van der Waals surface area contributed by atoms with Crippen LogP contribution in [0.1, 0.15) is 48.5 Å². The number of hydrogen-bond donors (Lipinski definition) is 1. The van der Waals surface area contributed by atoms with Crippen LogP contribution in [0, 0.1) is 0 Å². The summed E-state index contributed by atoms with van der Waals surface area (Å²) in [4.78, 5) is 25.3. The summed E-state index contributed by atoms with van der Waals surface area (Å²) >= 11 is 0. The van der Waals surface area contributed by atoms with Gasteiger partial charge in [0.05, 0.1) is 34.4 Å². The van der Waals surface area contributed by atoms with Gasteiger partial charge in [-0.2, -0.15) is 23.4 Å². The molecule has 1 atom stereocenters. The molecule has 1 N–H and O–H groups in total. The lowest BCUT2D eigenvalue weighted by molar-refractivity contribution is -0.137. The van der Waals surface area contributed by atoms with E-state index in [1.807, 2.05) is 0 Å². The van der Waals surface area contributed by atoms with Gasteiger partial charge < -0.3 is 5.32 Å². The van der Waals surface area contributed by atoms with E-state index >= 15 is 0 Å². The zero-order chi connectivity index (χ0) is 21.6. The van der Waals surface area contributed by atoms with Crippen molar-refractivity contribution in [1.29, 1.82) is 0 Å². The summed E-state index contributed by atoms with van der Waals surface area (Å²) in [5.74, 6) is -0.195. The van der Waals surface area contributed by atoms with Crippen LogP contribution in [-0.2, 0) is 24.6 Å². The Morgan fingerprint density at radius 3 is 2.53 bits per heavy atom. The average Bonchev–Trinajstić information content (AvgIpc) is 3.47. The number of amides is 1. The van der Waals surface area contributed by atoms with Crippen LogP contribution in [0.15, 0.2) is 35.3 Å². The smallest absolute Gasteiger partial charge is 0.348 e. The fraction of sp³-hybridized carbons (Fsp3) is 0.400. The third-order valence-corrected chi connectivity index (χ3v) is 5.26. The summed E-state index contributed by atoms with van der Waals surface area (Å²) in [6, 6.07) is 4.06. The number of aryl methyl sites for hydroxylation is 1. The standard InChI is InChI=1S/C20H20F3N5O2/c1-11(12-5-7-14(8-6-12)20(21,22)23)25-16(29)10-28-19(30)17-15(9-24-28)27(2)26-18(17)13-3-4-13/h5-9,11,13H,3-4,10H2,1-2H3,(H,25,29)/t11-/m0/s1. The summed E-state index contributed by atoms with van der Waals surface area (Å²) in [6.07, 6.45) is -0.928. The molecule has 1 aliphatic rings. The Labute approximate surface area is 169 Å². The Morgan fingerprint density at radius 1 is 1.27 bits per heavy atom. The zero-order valence-electron chi connectivity index (χ0n) is 16.4. The third kappa shape index (κ3) is 3.81. The number of nitrogens with one attached hydrogen (secondary N) is 1. The highest BCUT2D eigenvalue weighted by atomic mass is 19.4. The third-order valence-electron chi connectivity index (χ3n) is 5.26. The molecule has 1 aromatic carbocycles. The van der Waals surface area contributed by atoms with Crippen molar-refractivity contribution in [1.82, 2.24) is 24.9 Å². The highest BCUT2D eigenvalue weighted by Gasteiger charge is 2.31. The molecule has 1 saturated carbocycles. The normalized spacial score (nSPS) is 15.4. The molecule has 0 spiro atoms. The molecule has 0 radical (unpaired) electrons. The first-order valence-electron chi connectivity index (χ1n) is 9.54. The highest BCUT2D eigenvalue weighted by Crippen LogP contribution is 2.41. The van der Waals surface area contributed by atoms with Crippen LogP contribution in [0.25, 0.3) is 10.9 Å². The van der Waals surface area contributed by atoms with E-state index < -0.39 is 23.7 Å². The lowest BCUT2D eigenvalue weighted by Crippen LogP contribution is -2.35. The first-order valence-corrected chi connectivity index (χ1v) is 9.54. The van der Waals surface area contributed by atoms with Crippen LogP contribution in [0.5, 0.6) is 0 Å².